The normalized spacial score (nSPS) is 18.9. The molecule has 0 aliphatic carbocycles. The standard InChI is InChI=1S/C22H22ClF3N2O2/c23-18-7-3-15(4-8-18)13-21(12-10-20(30)28-21)11-9-19(29)27-14-16-1-5-17(6-2-16)22(24,25)26/h1-8H,9-14H2,(H,27,29)(H,28,30)/t21-/m1/s1. The highest BCUT2D eigenvalue weighted by Crippen LogP contribution is 2.30. The molecule has 1 aliphatic heterocycles. The summed E-state index contributed by atoms with van der Waals surface area (Å²) in [6.45, 7) is 0.146. The number of nitrogens with one attached hydrogen (secondary N) is 2. The highest BCUT2D eigenvalue weighted by Gasteiger charge is 2.37. The van der Waals surface area contributed by atoms with E-state index in [1.807, 2.05) is 12.1 Å². The molecule has 0 saturated carbocycles. The van der Waals surface area contributed by atoms with Gasteiger partial charge in [-0.3, -0.25) is 9.59 Å². The zero-order valence-electron chi connectivity index (χ0n) is 16.2. The van der Waals surface area contributed by atoms with E-state index in [9.17, 15) is 22.8 Å². The van der Waals surface area contributed by atoms with Crippen molar-refractivity contribution in [3.8, 4) is 0 Å². The molecule has 2 aromatic rings. The van der Waals surface area contributed by atoms with E-state index in [0.29, 0.717) is 36.3 Å². The summed E-state index contributed by atoms with van der Waals surface area (Å²) >= 11 is 5.93. The van der Waals surface area contributed by atoms with Crippen molar-refractivity contribution in [1.82, 2.24) is 10.6 Å². The molecule has 0 spiro atoms. The van der Waals surface area contributed by atoms with E-state index >= 15 is 0 Å². The number of carbonyl (C=O) groups is 2. The minimum atomic E-state index is -4.38. The lowest BCUT2D eigenvalue weighted by Gasteiger charge is -2.29. The van der Waals surface area contributed by atoms with Crippen LogP contribution in [-0.4, -0.2) is 17.4 Å². The SMILES string of the molecule is O=C(CC[C@]1(Cc2ccc(Cl)cc2)CCC(=O)N1)NCc1ccc(C(F)(F)F)cc1. The zero-order chi connectivity index (χ0) is 21.8. The fourth-order valence-corrected chi connectivity index (χ4v) is 3.75. The maximum atomic E-state index is 12.6. The molecule has 4 nitrogen and oxygen atoms in total. The quantitative estimate of drug-likeness (QED) is 0.661. The van der Waals surface area contributed by atoms with Crippen molar-refractivity contribution >= 4 is 23.4 Å². The highest BCUT2D eigenvalue weighted by molar-refractivity contribution is 6.30. The van der Waals surface area contributed by atoms with Crippen LogP contribution in [0.3, 0.4) is 0 Å². The van der Waals surface area contributed by atoms with E-state index in [-0.39, 0.29) is 24.8 Å². The average molecular weight is 439 g/mol. The molecule has 3 rings (SSSR count). The number of rotatable bonds is 7. The number of halogens is 4. The number of alkyl halides is 3. The Kier molecular flexibility index (Phi) is 6.71. The topological polar surface area (TPSA) is 58.2 Å². The van der Waals surface area contributed by atoms with Gasteiger partial charge < -0.3 is 10.6 Å². The molecule has 1 atom stereocenters. The third kappa shape index (κ3) is 5.98. The summed E-state index contributed by atoms with van der Waals surface area (Å²) in [5.41, 5.74) is 0.392. The Labute approximate surface area is 177 Å². The Morgan fingerprint density at radius 3 is 2.27 bits per heavy atom. The summed E-state index contributed by atoms with van der Waals surface area (Å²) in [6, 6.07) is 12.1. The number of carbonyl (C=O) groups excluding carboxylic acids is 2. The molecule has 160 valence electrons. The second-order valence-electron chi connectivity index (χ2n) is 7.60. The third-order valence-electron chi connectivity index (χ3n) is 5.29. The van der Waals surface area contributed by atoms with Gasteiger partial charge in [0.1, 0.15) is 0 Å². The lowest BCUT2D eigenvalue weighted by atomic mass is 9.85. The highest BCUT2D eigenvalue weighted by atomic mass is 35.5. The van der Waals surface area contributed by atoms with Gasteiger partial charge in [-0.05, 0) is 54.7 Å². The lowest BCUT2D eigenvalue weighted by Crippen LogP contribution is -2.44. The van der Waals surface area contributed by atoms with E-state index in [0.717, 1.165) is 17.7 Å². The Morgan fingerprint density at radius 1 is 1.07 bits per heavy atom. The second kappa shape index (κ2) is 9.08. The van der Waals surface area contributed by atoms with Crippen molar-refractivity contribution in [1.29, 1.82) is 0 Å². The van der Waals surface area contributed by atoms with E-state index in [4.69, 9.17) is 11.6 Å². The van der Waals surface area contributed by atoms with Crippen molar-refractivity contribution in [2.75, 3.05) is 0 Å². The molecule has 0 aromatic heterocycles. The van der Waals surface area contributed by atoms with Gasteiger partial charge in [-0.2, -0.15) is 13.2 Å². The molecule has 1 saturated heterocycles. The fraction of sp³-hybridized carbons (Fsp3) is 0.364. The van der Waals surface area contributed by atoms with Crippen molar-refractivity contribution in [2.24, 2.45) is 0 Å². The van der Waals surface area contributed by atoms with Crippen molar-refractivity contribution in [3.05, 3.63) is 70.2 Å². The van der Waals surface area contributed by atoms with Crippen molar-refractivity contribution < 1.29 is 22.8 Å². The molecule has 8 heteroatoms. The zero-order valence-corrected chi connectivity index (χ0v) is 16.9. The Bertz CT molecular complexity index is 898. The molecule has 30 heavy (non-hydrogen) atoms. The van der Waals surface area contributed by atoms with E-state index < -0.39 is 17.3 Å². The summed E-state index contributed by atoms with van der Waals surface area (Å²) in [7, 11) is 0. The lowest BCUT2D eigenvalue weighted by molar-refractivity contribution is -0.137. The molecule has 0 radical (unpaired) electrons. The Hall–Kier alpha value is -2.54. The van der Waals surface area contributed by atoms with Crippen LogP contribution in [0.4, 0.5) is 13.2 Å². The predicted molar refractivity (Wildman–Crippen MR) is 108 cm³/mol. The fourth-order valence-electron chi connectivity index (χ4n) is 3.63. The van der Waals surface area contributed by atoms with Gasteiger partial charge in [-0.1, -0.05) is 35.9 Å². The molecule has 1 aliphatic rings. The molecule has 2 amide bonds. The number of benzene rings is 2. The monoisotopic (exact) mass is 438 g/mol. The minimum Gasteiger partial charge on any atom is -0.352 e. The van der Waals surface area contributed by atoms with Crippen LogP contribution in [-0.2, 0) is 28.7 Å². The van der Waals surface area contributed by atoms with Gasteiger partial charge >= 0.3 is 6.18 Å². The summed E-state index contributed by atoms with van der Waals surface area (Å²) in [4.78, 5) is 24.1. The summed E-state index contributed by atoms with van der Waals surface area (Å²) in [5, 5.41) is 6.38. The van der Waals surface area contributed by atoms with Crippen LogP contribution in [0.5, 0.6) is 0 Å². The molecule has 1 fully saturated rings. The maximum Gasteiger partial charge on any atom is 0.416 e. The molecule has 2 N–H and O–H groups in total. The number of hydrogen-bond acceptors (Lipinski definition) is 2. The van der Waals surface area contributed by atoms with Gasteiger partial charge in [0.2, 0.25) is 11.8 Å². The van der Waals surface area contributed by atoms with Gasteiger partial charge in [-0.15, -0.1) is 0 Å². The first-order valence-electron chi connectivity index (χ1n) is 9.64. The second-order valence-corrected chi connectivity index (χ2v) is 8.04. The maximum absolute atomic E-state index is 12.6. The smallest absolute Gasteiger partial charge is 0.352 e. The third-order valence-corrected chi connectivity index (χ3v) is 5.54. The number of amides is 2. The van der Waals surface area contributed by atoms with Gasteiger partial charge in [-0.25, -0.2) is 0 Å². The molecule has 0 bridgehead atoms. The van der Waals surface area contributed by atoms with Gasteiger partial charge in [0, 0.05) is 29.9 Å². The van der Waals surface area contributed by atoms with Crippen LogP contribution in [0.15, 0.2) is 48.5 Å². The predicted octanol–water partition coefficient (Wildman–Crippen LogP) is 4.65. The molecule has 2 aromatic carbocycles. The van der Waals surface area contributed by atoms with Crippen LogP contribution < -0.4 is 10.6 Å². The Balaban J connectivity index is 1.54. The van der Waals surface area contributed by atoms with E-state index in [1.54, 1.807) is 12.1 Å². The first-order valence-corrected chi connectivity index (χ1v) is 10.0. The van der Waals surface area contributed by atoms with Crippen LogP contribution in [0, 0.1) is 0 Å². The average Bonchev–Trinajstić information content (AvgIpc) is 3.07. The van der Waals surface area contributed by atoms with E-state index in [1.165, 1.54) is 12.1 Å². The minimum absolute atomic E-state index is 0.0332. The Morgan fingerprint density at radius 2 is 1.70 bits per heavy atom. The van der Waals surface area contributed by atoms with Crippen LogP contribution in [0.1, 0.15) is 42.4 Å². The largest absolute Gasteiger partial charge is 0.416 e. The molecule has 0 unspecified atom stereocenters. The first-order chi connectivity index (χ1) is 14.2. The van der Waals surface area contributed by atoms with Gasteiger partial charge in [0.15, 0.2) is 0 Å². The van der Waals surface area contributed by atoms with Crippen molar-refractivity contribution in [3.63, 3.8) is 0 Å². The number of hydrogen-bond donors (Lipinski definition) is 2. The summed E-state index contributed by atoms with van der Waals surface area (Å²) < 4.78 is 37.8. The van der Waals surface area contributed by atoms with Crippen LogP contribution in [0.25, 0.3) is 0 Å². The summed E-state index contributed by atoms with van der Waals surface area (Å²) in [6.07, 6.45) is -2.05. The van der Waals surface area contributed by atoms with Crippen LogP contribution >= 0.6 is 11.6 Å². The van der Waals surface area contributed by atoms with Gasteiger partial charge in [0.05, 0.1) is 5.56 Å². The summed E-state index contributed by atoms with van der Waals surface area (Å²) in [5.74, 6) is -0.249. The molecular weight excluding hydrogens is 417 g/mol. The van der Waals surface area contributed by atoms with Crippen molar-refractivity contribution in [2.45, 2.75) is 50.4 Å². The molecular formula is C22H22ClF3N2O2. The van der Waals surface area contributed by atoms with E-state index in [2.05, 4.69) is 10.6 Å². The molecule has 1 heterocycles. The first kappa shape index (κ1) is 22.2. The van der Waals surface area contributed by atoms with Gasteiger partial charge in [0.25, 0.3) is 0 Å². The van der Waals surface area contributed by atoms with Crippen LogP contribution in [0.2, 0.25) is 5.02 Å².